The maximum atomic E-state index is 2.32. The van der Waals surface area contributed by atoms with Crippen molar-refractivity contribution in [2.24, 2.45) is 0 Å². The van der Waals surface area contributed by atoms with Crippen LogP contribution < -0.4 is 0 Å². The van der Waals surface area contributed by atoms with Crippen molar-refractivity contribution in [2.75, 3.05) is 0 Å². The monoisotopic (exact) mass is 280 g/mol. The first-order valence-electron chi connectivity index (χ1n) is 8.51. The summed E-state index contributed by atoms with van der Waals surface area (Å²) in [6.45, 7) is 2.27. The van der Waals surface area contributed by atoms with Gasteiger partial charge in [-0.1, -0.05) is 74.4 Å². The second-order valence-corrected chi connectivity index (χ2v) is 5.92. The predicted molar refractivity (Wildman–Crippen MR) is 92.8 cm³/mol. The lowest BCUT2D eigenvalue weighted by molar-refractivity contribution is 0.673. The first kappa shape index (κ1) is 15.8. The average Bonchev–Trinajstić information content (AvgIpc) is 2.54. The molecule has 0 atom stereocenters. The molecule has 0 saturated carbocycles. The van der Waals surface area contributed by atoms with Crippen molar-refractivity contribution in [2.45, 2.75) is 58.3 Å². The van der Waals surface area contributed by atoms with Gasteiger partial charge in [0, 0.05) is 0 Å². The molecule has 0 aliphatic rings. The van der Waals surface area contributed by atoms with Crippen LogP contribution in [0.15, 0.2) is 54.6 Å². The molecule has 0 amide bonds. The van der Waals surface area contributed by atoms with Crippen LogP contribution in [0.3, 0.4) is 0 Å². The molecule has 0 nitrogen and oxygen atoms in total. The van der Waals surface area contributed by atoms with Gasteiger partial charge in [-0.15, -0.1) is 0 Å². The number of hydrogen-bond donors (Lipinski definition) is 0. The molecular weight excluding hydrogens is 252 g/mol. The Hall–Kier alpha value is -1.56. The zero-order valence-electron chi connectivity index (χ0n) is 13.4. The quantitative estimate of drug-likeness (QED) is 0.495. The molecular formula is C21H28. The van der Waals surface area contributed by atoms with Crippen LogP contribution in [0.5, 0.6) is 0 Å². The van der Waals surface area contributed by atoms with E-state index in [-0.39, 0.29) is 0 Å². The first-order valence-corrected chi connectivity index (χ1v) is 8.51. The Kier molecular flexibility index (Phi) is 7.07. The molecule has 0 heteroatoms. The van der Waals surface area contributed by atoms with Crippen molar-refractivity contribution < 1.29 is 0 Å². The maximum Gasteiger partial charge on any atom is -0.0276 e. The zero-order valence-corrected chi connectivity index (χ0v) is 13.4. The van der Waals surface area contributed by atoms with E-state index in [0.29, 0.717) is 0 Å². The fraction of sp³-hybridized carbons (Fsp3) is 0.429. The van der Waals surface area contributed by atoms with Gasteiger partial charge in [-0.3, -0.25) is 0 Å². The van der Waals surface area contributed by atoms with E-state index in [1.165, 1.54) is 56.9 Å². The van der Waals surface area contributed by atoms with Gasteiger partial charge in [0.1, 0.15) is 0 Å². The summed E-state index contributed by atoms with van der Waals surface area (Å²) in [6.07, 6.45) is 10.3. The summed E-state index contributed by atoms with van der Waals surface area (Å²) >= 11 is 0. The van der Waals surface area contributed by atoms with Crippen molar-refractivity contribution in [3.8, 4) is 0 Å². The van der Waals surface area contributed by atoms with Gasteiger partial charge in [-0.25, -0.2) is 0 Å². The number of benzene rings is 2. The Balaban J connectivity index is 1.71. The van der Waals surface area contributed by atoms with Gasteiger partial charge in [0.05, 0.1) is 0 Å². The first-order chi connectivity index (χ1) is 10.4. The van der Waals surface area contributed by atoms with Crippen molar-refractivity contribution >= 4 is 0 Å². The van der Waals surface area contributed by atoms with Crippen LogP contribution in [0.1, 0.15) is 55.7 Å². The van der Waals surface area contributed by atoms with Gasteiger partial charge < -0.3 is 0 Å². The smallest absolute Gasteiger partial charge is 0.0276 e. The molecule has 0 radical (unpaired) electrons. The van der Waals surface area contributed by atoms with E-state index >= 15 is 0 Å². The topological polar surface area (TPSA) is 0 Å². The zero-order chi connectivity index (χ0) is 14.8. The van der Waals surface area contributed by atoms with E-state index in [9.17, 15) is 0 Å². The molecule has 0 aromatic heterocycles. The van der Waals surface area contributed by atoms with Crippen LogP contribution in [0.4, 0.5) is 0 Å². The lowest BCUT2D eigenvalue weighted by atomic mass is 9.97. The largest absolute Gasteiger partial charge is 0.0654 e. The predicted octanol–water partition coefficient (Wildman–Crippen LogP) is 5.98. The van der Waals surface area contributed by atoms with Gasteiger partial charge in [0.25, 0.3) is 0 Å². The normalized spacial score (nSPS) is 10.7. The van der Waals surface area contributed by atoms with Gasteiger partial charge in [0.15, 0.2) is 0 Å². The van der Waals surface area contributed by atoms with Crippen LogP contribution >= 0.6 is 0 Å². The third-order valence-corrected chi connectivity index (χ3v) is 4.17. The standard InChI is InChI=1S/C21H28/c1-2-3-15-20-17-10-11-18-21(20)16-9-5-8-14-19-12-6-4-7-13-19/h4,6-7,10-13,17-18H,2-3,5,8-9,14-16H2,1H3. The Morgan fingerprint density at radius 1 is 0.571 bits per heavy atom. The number of unbranched alkanes of at least 4 members (excludes halogenated alkanes) is 3. The van der Waals surface area contributed by atoms with Gasteiger partial charge in [-0.2, -0.15) is 0 Å². The van der Waals surface area contributed by atoms with Gasteiger partial charge >= 0.3 is 0 Å². The SMILES string of the molecule is CCCCc1ccccc1CCCCCc1ccccc1. The molecule has 0 heterocycles. The molecule has 0 fully saturated rings. The Morgan fingerprint density at radius 2 is 1.14 bits per heavy atom. The van der Waals surface area contributed by atoms with Crippen molar-refractivity contribution in [1.29, 1.82) is 0 Å². The van der Waals surface area contributed by atoms with Crippen molar-refractivity contribution in [1.82, 2.24) is 0 Å². The van der Waals surface area contributed by atoms with E-state index in [4.69, 9.17) is 0 Å². The van der Waals surface area contributed by atoms with E-state index < -0.39 is 0 Å². The lowest BCUT2D eigenvalue weighted by Gasteiger charge is -2.09. The summed E-state index contributed by atoms with van der Waals surface area (Å²) in [4.78, 5) is 0. The lowest BCUT2D eigenvalue weighted by Crippen LogP contribution is -1.95. The van der Waals surface area contributed by atoms with Crippen molar-refractivity contribution in [3.05, 3.63) is 71.3 Å². The van der Waals surface area contributed by atoms with Crippen LogP contribution in [0.2, 0.25) is 0 Å². The molecule has 0 saturated heterocycles. The molecule has 0 N–H and O–H groups in total. The molecule has 21 heavy (non-hydrogen) atoms. The molecule has 2 aromatic carbocycles. The fourth-order valence-electron chi connectivity index (χ4n) is 2.88. The van der Waals surface area contributed by atoms with Gasteiger partial charge in [0.2, 0.25) is 0 Å². The second kappa shape index (κ2) is 9.39. The van der Waals surface area contributed by atoms with E-state index in [0.717, 1.165) is 0 Å². The van der Waals surface area contributed by atoms with E-state index in [1.807, 2.05) is 0 Å². The average molecular weight is 280 g/mol. The minimum absolute atomic E-state index is 1.22. The highest BCUT2D eigenvalue weighted by atomic mass is 14.1. The summed E-state index contributed by atoms with van der Waals surface area (Å²) in [5.41, 5.74) is 4.62. The minimum atomic E-state index is 1.22. The second-order valence-electron chi connectivity index (χ2n) is 5.92. The molecule has 112 valence electrons. The Bertz CT molecular complexity index is 498. The molecule has 0 unspecified atom stereocenters. The van der Waals surface area contributed by atoms with E-state index in [2.05, 4.69) is 61.5 Å². The third-order valence-electron chi connectivity index (χ3n) is 4.17. The third kappa shape index (κ3) is 5.75. The molecule has 0 bridgehead atoms. The molecule has 2 aromatic rings. The summed E-state index contributed by atoms with van der Waals surface area (Å²) in [5, 5.41) is 0. The van der Waals surface area contributed by atoms with Crippen LogP contribution in [0.25, 0.3) is 0 Å². The van der Waals surface area contributed by atoms with Crippen molar-refractivity contribution in [3.63, 3.8) is 0 Å². The van der Waals surface area contributed by atoms with Gasteiger partial charge in [-0.05, 0) is 55.2 Å². The Labute approximate surface area is 130 Å². The molecule has 2 rings (SSSR count). The summed E-state index contributed by atoms with van der Waals surface area (Å²) in [7, 11) is 0. The Morgan fingerprint density at radius 3 is 1.81 bits per heavy atom. The summed E-state index contributed by atoms with van der Waals surface area (Å²) in [5.74, 6) is 0. The highest BCUT2D eigenvalue weighted by Gasteiger charge is 2.01. The van der Waals surface area contributed by atoms with E-state index in [1.54, 1.807) is 11.1 Å². The maximum absolute atomic E-state index is 2.32. The highest BCUT2D eigenvalue weighted by molar-refractivity contribution is 5.27. The number of aryl methyl sites for hydroxylation is 3. The highest BCUT2D eigenvalue weighted by Crippen LogP contribution is 2.16. The minimum Gasteiger partial charge on any atom is -0.0654 e. The molecule has 0 spiro atoms. The number of hydrogen-bond acceptors (Lipinski definition) is 0. The number of rotatable bonds is 9. The fourth-order valence-corrected chi connectivity index (χ4v) is 2.88. The molecule has 0 aliphatic carbocycles. The van der Waals surface area contributed by atoms with Crippen LogP contribution in [0, 0.1) is 0 Å². The molecule has 0 aliphatic heterocycles. The van der Waals surface area contributed by atoms with Crippen LogP contribution in [-0.4, -0.2) is 0 Å². The summed E-state index contributed by atoms with van der Waals surface area (Å²) in [6, 6.07) is 19.9. The van der Waals surface area contributed by atoms with Crippen LogP contribution in [-0.2, 0) is 19.3 Å². The summed E-state index contributed by atoms with van der Waals surface area (Å²) < 4.78 is 0.